The topological polar surface area (TPSA) is 58.9 Å². The van der Waals surface area contributed by atoms with Crippen molar-refractivity contribution in [2.24, 2.45) is 5.16 Å². The molecule has 0 saturated carbocycles. The molecule has 1 aromatic rings. The van der Waals surface area contributed by atoms with Crippen LogP contribution in [0.2, 0.25) is 0 Å². The molecule has 0 bridgehead atoms. The quantitative estimate of drug-likeness (QED) is 0.831. The predicted octanol–water partition coefficient (Wildman–Crippen LogP) is 1.79. The van der Waals surface area contributed by atoms with Gasteiger partial charge >= 0.3 is 5.97 Å². The standard InChI is InChI=1S/C11H10FNO3/c1-11(10(14)15)6-9(13-16-11)7-2-4-8(12)5-3-7/h2-5H,6H2,1H3,(H,14,15). The zero-order valence-electron chi connectivity index (χ0n) is 8.61. The summed E-state index contributed by atoms with van der Waals surface area (Å²) in [7, 11) is 0. The molecule has 16 heavy (non-hydrogen) atoms. The molecule has 1 aliphatic rings. The zero-order valence-corrected chi connectivity index (χ0v) is 8.61. The molecule has 2 rings (SSSR count). The fraction of sp³-hybridized carbons (Fsp3) is 0.273. The van der Waals surface area contributed by atoms with Crippen LogP contribution < -0.4 is 0 Å². The van der Waals surface area contributed by atoms with Gasteiger partial charge in [-0.2, -0.15) is 0 Å². The summed E-state index contributed by atoms with van der Waals surface area (Å²) < 4.78 is 12.7. The minimum absolute atomic E-state index is 0.175. The van der Waals surface area contributed by atoms with Crippen molar-refractivity contribution in [1.82, 2.24) is 0 Å². The van der Waals surface area contributed by atoms with E-state index in [1.54, 1.807) is 12.1 Å². The molecule has 1 atom stereocenters. The van der Waals surface area contributed by atoms with E-state index in [9.17, 15) is 9.18 Å². The Labute approximate surface area is 91.3 Å². The molecule has 5 heteroatoms. The van der Waals surface area contributed by atoms with E-state index in [1.807, 2.05) is 0 Å². The average Bonchev–Trinajstić information content (AvgIpc) is 2.63. The monoisotopic (exact) mass is 223 g/mol. The number of hydrogen-bond acceptors (Lipinski definition) is 3. The molecule has 0 aromatic heterocycles. The first-order chi connectivity index (χ1) is 7.51. The minimum atomic E-state index is -1.32. The summed E-state index contributed by atoms with van der Waals surface area (Å²) in [6, 6.07) is 5.69. The summed E-state index contributed by atoms with van der Waals surface area (Å²) in [6.07, 6.45) is 0.175. The van der Waals surface area contributed by atoms with Crippen LogP contribution in [0.25, 0.3) is 0 Å². The Balaban J connectivity index is 2.20. The van der Waals surface area contributed by atoms with Crippen molar-refractivity contribution in [2.45, 2.75) is 18.9 Å². The summed E-state index contributed by atoms with van der Waals surface area (Å²) in [5.41, 5.74) is -0.125. The van der Waals surface area contributed by atoms with Gasteiger partial charge in [0.1, 0.15) is 5.82 Å². The summed E-state index contributed by atoms with van der Waals surface area (Å²) in [5, 5.41) is 12.6. The first-order valence-corrected chi connectivity index (χ1v) is 4.76. The van der Waals surface area contributed by atoms with Crippen molar-refractivity contribution < 1.29 is 19.1 Å². The first-order valence-electron chi connectivity index (χ1n) is 4.76. The third-order valence-corrected chi connectivity index (χ3v) is 2.49. The third-order valence-electron chi connectivity index (χ3n) is 2.49. The minimum Gasteiger partial charge on any atom is -0.478 e. The average molecular weight is 223 g/mol. The van der Waals surface area contributed by atoms with Gasteiger partial charge in [0.2, 0.25) is 5.60 Å². The van der Waals surface area contributed by atoms with Gasteiger partial charge in [-0.15, -0.1) is 0 Å². The van der Waals surface area contributed by atoms with E-state index >= 15 is 0 Å². The van der Waals surface area contributed by atoms with E-state index in [1.165, 1.54) is 19.1 Å². The number of hydrogen-bond donors (Lipinski definition) is 1. The molecular formula is C11H10FNO3. The first kappa shape index (κ1) is 10.6. The van der Waals surface area contributed by atoms with Crippen molar-refractivity contribution in [3.05, 3.63) is 35.6 Å². The third kappa shape index (κ3) is 1.76. The molecule has 0 amide bonds. The number of carboxylic acid groups (broad SMARTS) is 1. The van der Waals surface area contributed by atoms with Crippen molar-refractivity contribution in [3.8, 4) is 0 Å². The molecule has 1 N–H and O–H groups in total. The number of rotatable bonds is 2. The van der Waals surface area contributed by atoms with Crippen LogP contribution >= 0.6 is 0 Å². The molecule has 0 radical (unpaired) electrons. The van der Waals surface area contributed by atoms with E-state index in [4.69, 9.17) is 9.94 Å². The molecule has 0 fully saturated rings. The van der Waals surface area contributed by atoms with Crippen molar-refractivity contribution >= 4 is 11.7 Å². The number of carboxylic acids is 1. The lowest BCUT2D eigenvalue weighted by atomic mass is 9.96. The van der Waals surface area contributed by atoms with Gasteiger partial charge in [-0.1, -0.05) is 17.3 Å². The SMILES string of the molecule is CC1(C(=O)O)CC(c2ccc(F)cc2)=NO1. The molecule has 1 heterocycles. The number of carbonyl (C=O) groups is 1. The highest BCUT2D eigenvalue weighted by Crippen LogP contribution is 2.26. The molecule has 84 valence electrons. The molecule has 0 aliphatic carbocycles. The fourth-order valence-electron chi connectivity index (χ4n) is 1.45. The highest BCUT2D eigenvalue weighted by Gasteiger charge is 2.42. The Bertz CT molecular complexity index is 455. The van der Waals surface area contributed by atoms with E-state index in [-0.39, 0.29) is 12.2 Å². The van der Waals surface area contributed by atoms with Gasteiger partial charge in [-0.25, -0.2) is 9.18 Å². The van der Waals surface area contributed by atoms with Crippen molar-refractivity contribution in [1.29, 1.82) is 0 Å². The van der Waals surface area contributed by atoms with Crippen LogP contribution in [-0.2, 0) is 9.63 Å². The maximum Gasteiger partial charge on any atom is 0.351 e. The Morgan fingerprint density at radius 1 is 1.50 bits per heavy atom. The van der Waals surface area contributed by atoms with Crippen LogP contribution in [0.4, 0.5) is 4.39 Å². The van der Waals surface area contributed by atoms with Gasteiger partial charge in [0, 0.05) is 6.42 Å². The number of halogens is 1. The lowest BCUT2D eigenvalue weighted by Gasteiger charge is -2.14. The van der Waals surface area contributed by atoms with Gasteiger partial charge in [-0.05, 0) is 24.6 Å². The van der Waals surface area contributed by atoms with E-state index < -0.39 is 11.6 Å². The van der Waals surface area contributed by atoms with Gasteiger partial charge in [0.25, 0.3) is 0 Å². The molecular weight excluding hydrogens is 213 g/mol. The van der Waals surface area contributed by atoms with Crippen LogP contribution in [0.15, 0.2) is 29.4 Å². The highest BCUT2D eigenvalue weighted by molar-refractivity contribution is 6.04. The molecule has 0 spiro atoms. The Hall–Kier alpha value is -1.91. The molecule has 1 unspecified atom stereocenters. The summed E-state index contributed by atoms with van der Waals surface area (Å²) in [5.74, 6) is -1.40. The number of benzene rings is 1. The number of oxime groups is 1. The lowest BCUT2D eigenvalue weighted by molar-refractivity contribution is -0.160. The maximum absolute atomic E-state index is 12.7. The van der Waals surface area contributed by atoms with Crippen LogP contribution in [0.5, 0.6) is 0 Å². The van der Waals surface area contributed by atoms with Crippen LogP contribution in [0.3, 0.4) is 0 Å². The molecule has 4 nitrogen and oxygen atoms in total. The van der Waals surface area contributed by atoms with Gasteiger partial charge in [0.05, 0.1) is 5.71 Å². The van der Waals surface area contributed by atoms with E-state index in [0.717, 1.165) is 0 Å². The molecule has 1 aromatic carbocycles. The smallest absolute Gasteiger partial charge is 0.351 e. The normalized spacial score (nSPS) is 23.8. The molecule has 0 saturated heterocycles. The largest absolute Gasteiger partial charge is 0.478 e. The van der Waals surface area contributed by atoms with Gasteiger partial charge in [0.15, 0.2) is 0 Å². The summed E-state index contributed by atoms with van der Waals surface area (Å²) in [4.78, 5) is 15.8. The van der Waals surface area contributed by atoms with E-state index in [2.05, 4.69) is 5.16 Å². The van der Waals surface area contributed by atoms with Gasteiger partial charge < -0.3 is 9.94 Å². The second kappa shape index (κ2) is 3.59. The number of nitrogens with zero attached hydrogens (tertiary/aromatic N) is 1. The summed E-state index contributed by atoms with van der Waals surface area (Å²) in [6.45, 7) is 1.45. The van der Waals surface area contributed by atoms with Crippen molar-refractivity contribution in [3.63, 3.8) is 0 Å². The Morgan fingerprint density at radius 3 is 2.62 bits per heavy atom. The highest BCUT2D eigenvalue weighted by atomic mass is 19.1. The fourth-order valence-corrected chi connectivity index (χ4v) is 1.45. The van der Waals surface area contributed by atoms with Crippen molar-refractivity contribution in [2.75, 3.05) is 0 Å². The number of aliphatic carboxylic acids is 1. The Kier molecular flexibility index (Phi) is 2.38. The van der Waals surface area contributed by atoms with Crippen LogP contribution in [0, 0.1) is 5.82 Å². The maximum atomic E-state index is 12.7. The molecule has 1 aliphatic heterocycles. The second-order valence-electron chi connectivity index (χ2n) is 3.85. The van der Waals surface area contributed by atoms with E-state index in [0.29, 0.717) is 11.3 Å². The van der Waals surface area contributed by atoms with Crippen LogP contribution in [-0.4, -0.2) is 22.4 Å². The Morgan fingerprint density at radius 2 is 2.12 bits per heavy atom. The second-order valence-corrected chi connectivity index (χ2v) is 3.85. The van der Waals surface area contributed by atoms with Crippen LogP contribution in [0.1, 0.15) is 18.9 Å². The summed E-state index contributed by atoms with van der Waals surface area (Å²) >= 11 is 0. The zero-order chi connectivity index (χ0) is 11.8. The van der Waals surface area contributed by atoms with Gasteiger partial charge in [-0.3, -0.25) is 0 Å². The predicted molar refractivity (Wildman–Crippen MR) is 54.7 cm³/mol. The lowest BCUT2D eigenvalue weighted by Crippen LogP contribution is -2.35.